The number of carbonyl (C=O) groups is 1. The van der Waals surface area contributed by atoms with Crippen molar-refractivity contribution in [1.29, 1.82) is 0 Å². The van der Waals surface area contributed by atoms with Gasteiger partial charge >= 0.3 is 5.97 Å². The van der Waals surface area contributed by atoms with Gasteiger partial charge in [-0.2, -0.15) is 0 Å². The first-order valence-electron chi connectivity index (χ1n) is 3.42. The molecular weight excluding hydrogens is 177 g/mol. The lowest BCUT2D eigenvalue weighted by Gasteiger charge is -2.05. The smallest absolute Gasteiger partial charge is 0.338 e. The zero-order valence-electron chi connectivity index (χ0n) is 6.87. The Balaban J connectivity index is 3.28. The van der Waals surface area contributed by atoms with Gasteiger partial charge in [-0.3, -0.25) is 0 Å². The van der Waals surface area contributed by atoms with Gasteiger partial charge in [-0.15, -0.1) is 0 Å². The molecule has 0 aromatic heterocycles. The van der Waals surface area contributed by atoms with Crippen LogP contribution in [0.4, 0.5) is 10.1 Å². The number of ether oxygens (including phenoxy) is 1. The summed E-state index contributed by atoms with van der Waals surface area (Å²) in [6, 6.07) is 1.97. The molecule has 0 bridgehead atoms. The monoisotopic (exact) mass is 185 g/mol. The number of anilines is 1. The maximum absolute atomic E-state index is 13.0. The highest BCUT2D eigenvalue weighted by Crippen LogP contribution is 2.24. The molecule has 1 rings (SSSR count). The van der Waals surface area contributed by atoms with Crippen molar-refractivity contribution in [2.24, 2.45) is 0 Å². The van der Waals surface area contributed by atoms with Crippen LogP contribution in [-0.2, 0) is 0 Å². The largest absolute Gasteiger partial charge is 0.494 e. The molecule has 0 unspecified atom stereocenters. The number of carboxylic acid groups (broad SMARTS) is 1. The lowest BCUT2D eigenvalue weighted by molar-refractivity contribution is 0.0692. The molecular formula is C8H8FNO3. The van der Waals surface area contributed by atoms with Gasteiger partial charge in [-0.1, -0.05) is 0 Å². The third-order valence-electron chi connectivity index (χ3n) is 1.55. The summed E-state index contributed by atoms with van der Waals surface area (Å²) in [4.78, 5) is 10.4. The van der Waals surface area contributed by atoms with Gasteiger partial charge in [0.2, 0.25) is 0 Å². The Labute approximate surface area is 73.7 Å². The molecule has 13 heavy (non-hydrogen) atoms. The van der Waals surface area contributed by atoms with Crippen molar-refractivity contribution < 1.29 is 19.0 Å². The highest BCUT2D eigenvalue weighted by atomic mass is 19.1. The van der Waals surface area contributed by atoms with E-state index in [2.05, 4.69) is 0 Å². The number of aromatic carboxylic acids is 1. The molecule has 0 saturated carbocycles. The van der Waals surface area contributed by atoms with Crippen molar-refractivity contribution in [3.8, 4) is 5.75 Å². The van der Waals surface area contributed by atoms with Gasteiger partial charge in [0.15, 0.2) is 0 Å². The summed E-state index contributed by atoms with van der Waals surface area (Å²) < 4.78 is 17.7. The molecule has 1 aromatic rings. The number of nitrogen functional groups attached to an aromatic ring is 1. The maximum atomic E-state index is 13.0. The molecule has 1 aromatic carbocycles. The molecule has 4 nitrogen and oxygen atoms in total. The van der Waals surface area contributed by atoms with Crippen molar-refractivity contribution in [3.63, 3.8) is 0 Å². The van der Waals surface area contributed by atoms with Crippen LogP contribution in [0.3, 0.4) is 0 Å². The summed E-state index contributed by atoms with van der Waals surface area (Å²) in [6.07, 6.45) is 0. The number of rotatable bonds is 2. The van der Waals surface area contributed by atoms with Crippen LogP contribution in [0.15, 0.2) is 12.1 Å². The number of benzene rings is 1. The summed E-state index contributed by atoms with van der Waals surface area (Å²) in [6.45, 7) is 0. The van der Waals surface area contributed by atoms with Crippen molar-refractivity contribution >= 4 is 11.7 Å². The van der Waals surface area contributed by atoms with Gasteiger partial charge in [0, 0.05) is 6.07 Å². The van der Waals surface area contributed by atoms with E-state index < -0.39 is 17.3 Å². The molecule has 0 aliphatic rings. The molecule has 0 atom stereocenters. The van der Waals surface area contributed by atoms with E-state index >= 15 is 0 Å². The molecule has 0 fully saturated rings. The normalized spacial score (nSPS) is 9.69. The quantitative estimate of drug-likeness (QED) is 0.677. The Bertz CT molecular complexity index is 351. The molecule has 0 saturated heterocycles. The Morgan fingerprint density at radius 1 is 1.62 bits per heavy atom. The zero-order valence-corrected chi connectivity index (χ0v) is 6.87. The standard InChI is InChI=1S/C8H8FNO3/c1-13-7-3-5(9)4(8(11)12)2-6(7)10/h2-3H,10H2,1H3,(H,11,12). The Morgan fingerprint density at radius 3 is 2.69 bits per heavy atom. The van der Waals surface area contributed by atoms with Crippen LogP contribution in [-0.4, -0.2) is 18.2 Å². The van der Waals surface area contributed by atoms with Crippen molar-refractivity contribution in [2.45, 2.75) is 0 Å². The van der Waals surface area contributed by atoms with Crippen LogP contribution in [0, 0.1) is 5.82 Å². The molecule has 0 aliphatic heterocycles. The predicted octanol–water partition coefficient (Wildman–Crippen LogP) is 1.11. The van der Waals surface area contributed by atoms with E-state index in [-0.39, 0.29) is 11.4 Å². The van der Waals surface area contributed by atoms with E-state index in [4.69, 9.17) is 15.6 Å². The SMILES string of the molecule is COc1cc(F)c(C(=O)O)cc1N. The van der Waals surface area contributed by atoms with Gasteiger partial charge < -0.3 is 15.6 Å². The highest BCUT2D eigenvalue weighted by Gasteiger charge is 2.13. The summed E-state index contributed by atoms with van der Waals surface area (Å²) in [5.74, 6) is -2.09. The van der Waals surface area contributed by atoms with E-state index in [1.165, 1.54) is 7.11 Å². The molecule has 5 heteroatoms. The molecule has 0 radical (unpaired) electrons. The Kier molecular flexibility index (Phi) is 2.36. The van der Waals surface area contributed by atoms with Gasteiger partial charge in [-0.25, -0.2) is 9.18 Å². The fraction of sp³-hybridized carbons (Fsp3) is 0.125. The van der Waals surface area contributed by atoms with E-state index in [1.54, 1.807) is 0 Å². The van der Waals surface area contributed by atoms with Crippen LogP contribution in [0.1, 0.15) is 10.4 Å². The first-order valence-corrected chi connectivity index (χ1v) is 3.42. The van der Waals surface area contributed by atoms with E-state index in [0.717, 1.165) is 12.1 Å². The third-order valence-corrected chi connectivity index (χ3v) is 1.55. The maximum Gasteiger partial charge on any atom is 0.338 e. The Morgan fingerprint density at radius 2 is 2.23 bits per heavy atom. The van der Waals surface area contributed by atoms with E-state index in [9.17, 15) is 9.18 Å². The average molecular weight is 185 g/mol. The second-order valence-corrected chi connectivity index (χ2v) is 2.38. The van der Waals surface area contributed by atoms with Crippen molar-refractivity contribution in [2.75, 3.05) is 12.8 Å². The first kappa shape index (κ1) is 9.31. The van der Waals surface area contributed by atoms with Crippen molar-refractivity contribution in [3.05, 3.63) is 23.5 Å². The van der Waals surface area contributed by atoms with Crippen LogP contribution in [0.5, 0.6) is 5.75 Å². The van der Waals surface area contributed by atoms with Gasteiger partial charge in [0.25, 0.3) is 0 Å². The third kappa shape index (κ3) is 1.69. The number of methoxy groups -OCH3 is 1. The average Bonchev–Trinajstić information content (AvgIpc) is 2.07. The van der Waals surface area contributed by atoms with Crippen LogP contribution >= 0.6 is 0 Å². The number of nitrogens with two attached hydrogens (primary N) is 1. The van der Waals surface area contributed by atoms with Crippen LogP contribution in [0.25, 0.3) is 0 Å². The highest BCUT2D eigenvalue weighted by molar-refractivity contribution is 5.89. The van der Waals surface area contributed by atoms with Gasteiger partial charge in [-0.05, 0) is 6.07 Å². The minimum atomic E-state index is -1.35. The van der Waals surface area contributed by atoms with Crippen LogP contribution < -0.4 is 10.5 Å². The lowest BCUT2D eigenvalue weighted by atomic mass is 10.2. The lowest BCUT2D eigenvalue weighted by Crippen LogP contribution is -2.03. The van der Waals surface area contributed by atoms with E-state index in [0.29, 0.717) is 0 Å². The second kappa shape index (κ2) is 3.30. The first-order chi connectivity index (χ1) is 6.06. The summed E-state index contributed by atoms with van der Waals surface area (Å²) in [5.41, 5.74) is 5.02. The fourth-order valence-corrected chi connectivity index (χ4v) is 0.912. The molecule has 0 spiro atoms. The fourth-order valence-electron chi connectivity index (χ4n) is 0.912. The predicted molar refractivity (Wildman–Crippen MR) is 44.3 cm³/mol. The molecule has 0 heterocycles. The number of carboxylic acids is 1. The summed E-state index contributed by atoms with van der Waals surface area (Å²) in [5, 5.41) is 8.52. The topological polar surface area (TPSA) is 72.5 Å². The summed E-state index contributed by atoms with van der Waals surface area (Å²) in [7, 11) is 1.32. The molecule has 0 amide bonds. The molecule has 70 valence electrons. The van der Waals surface area contributed by atoms with Crippen molar-refractivity contribution in [1.82, 2.24) is 0 Å². The number of hydrogen-bond donors (Lipinski definition) is 2. The minimum Gasteiger partial charge on any atom is -0.494 e. The number of hydrogen-bond acceptors (Lipinski definition) is 3. The van der Waals surface area contributed by atoms with E-state index in [1.807, 2.05) is 0 Å². The van der Waals surface area contributed by atoms with Crippen LogP contribution in [0.2, 0.25) is 0 Å². The van der Waals surface area contributed by atoms with Gasteiger partial charge in [0.1, 0.15) is 11.6 Å². The molecule has 3 N–H and O–H groups in total. The summed E-state index contributed by atoms with van der Waals surface area (Å²) >= 11 is 0. The zero-order chi connectivity index (χ0) is 10.0. The van der Waals surface area contributed by atoms with Gasteiger partial charge in [0.05, 0.1) is 18.4 Å². The Hall–Kier alpha value is -1.78. The minimum absolute atomic E-state index is 0.0984. The second-order valence-electron chi connectivity index (χ2n) is 2.38. The molecule has 0 aliphatic carbocycles. The number of halogens is 1.